The first-order valence-corrected chi connectivity index (χ1v) is 6.26. The van der Waals surface area contributed by atoms with Gasteiger partial charge in [0.25, 0.3) is 0 Å². The average molecular weight is 247 g/mol. The number of aryl methyl sites for hydroxylation is 1. The van der Waals surface area contributed by atoms with E-state index in [-0.39, 0.29) is 6.10 Å². The van der Waals surface area contributed by atoms with Gasteiger partial charge in [-0.05, 0) is 37.5 Å². The van der Waals surface area contributed by atoms with E-state index < -0.39 is 0 Å². The van der Waals surface area contributed by atoms with Gasteiger partial charge in [0.15, 0.2) is 5.75 Å². The Morgan fingerprint density at radius 1 is 1.50 bits per heavy atom. The zero-order valence-corrected chi connectivity index (χ0v) is 10.4. The maximum atomic E-state index is 6.02. The van der Waals surface area contributed by atoms with Crippen molar-refractivity contribution < 1.29 is 13.9 Å². The monoisotopic (exact) mass is 247 g/mol. The standard InChI is InChI=1S/C14H17NO3/c1-9-7-12(15)14(11-4-6-17-13(9)11)18-8-10-3-2-5-16-10/h4,6-7,10H,2-3,5,8,15H2,1H3. The van der Waals surface area contributed by atoms with Crippen LogP contribution in [0, 0.1) is 6.92 Å². The summed E-state index contributed by atoms with van der Waals surface area (Å²) in [5.74, 6) is 0.708. The van der Waals surface area contributed by atoms with Crippen LogP contribution in [0.3, 0.4) is 0 Å². The van der Waals surface area contributed by atoms with Crippen molar-refractivity contribution in [1.82, 2.24) is 0 Å². The SMILES string of the molecule is Cc1cc(N)c(OCC2CCCO2)c2ccoc12. The number of hydrogen-bond donors (Lipinski definition) is 1. The first kappa shape index (κ1) is 11.4. The molecule has 1 aromatic heterocycles. The third-order valence-corrected chi connectivity index (χ3v) is 3.34. The topological polar surface area (TPSA) is 57.6 Å². The Morgan fingerprint density at radius 2 is 2.39 bits per heavy atom. The molecule has 18 heavy (non-hydrogen) atoms. The van der Waals surface area contributed by atoms with Gasteiger partial charge in [-0.15, -0.1) is 0 Å². The maximum Gasteiger partial charge on any atom is 0.153 e. The second-order valence-electron chi connectivity index (χ2n) is 4.72. The Kier molecular flexibility index (Phi) is 2.88. The van der Waals surface area contributed by atoms with Gasteiger partial charge < -0.3 is 19.6 Å². The van der Waals surface area contributed by atoms with Crippen LogP contribution < -0.4 is 10.5 Å². The van der Waals surface area contributed by atoms with Gasteiger partial charge in [0, 0.05) is 6.61 Å². The fraction of sp³-hybridized carbons (Fsp3) is 0.429. The maximum absolute atomic E-state index is 6.02. The molecule has 1 aliphatic rings. The fourth-order valence-electron chi connectivity index (χ4n) is 2.43. The van der Waals surface area contributed by atoms with Crippen LogP contribution in [0.2, 0.25) is 0 Å². The Balaban J connectivity index is 1.88. The lowest BCUT2D eigenvalue weighted by atomic mass is 10.1. The summed E-state index contributed by atoms with van der Waals surface area (Å²) in [7, 11) is 0. The fourth-order valence-corrected chi connectivity index (χ4v) is 2.43. The molecule has 2 aromatic rings. The van der Waals surface area contributed by atoms with Crippen LogP contribution in [-0.2, 0) is 4.74 Å². The highest BCUT2D eigenvalue weighted by atomic mass is 16.5. The highest BCUT2D eigenvalue weighted by Crippen LogP contribution is 2.35. The van der Waals surface area contributed by atoms with Crippen molar-refractivity contribution in [3.05, 3.63) is 24.0 Å². The van der Waals surface area contributed by atoms with E-state index in [1.807, 2.05) is 19.1 Å². The largest absolute Gasteiger partial charge is 0.488 e. The van der Waals surface area contributed by atoms with Crippen molar-refractivity contribution in [2.24, 2.45) is 0 Å². The van der Waals surface area contributed by atoms with Crippen LogP contribution in [0.4, 0.5) is 5.69 Å². The molecule has 1 atom stereocenters. The molecular formula is C14H17NO3. The van der Waals surface area contributed by atoms with Gasteiger partial charge in [-0.25, -0.2) is 0 Å². The molecule has 0 radical (unpaired) electrons. The summed E-state index contributed by atoms with van der Waals surface area (Å²) in [5.41, 5.74) is 8.54. The number of benzene rings is 1. The van der Waals surface area contributed by atoms with Crippen molar-refractivity contribution in [3.63, 3.8) is 0 Å². The van der Waals surface area contributed by atoms with Gasteiger partial charge >= 0.3 is 0 Å². The van der Waals surface area contributed by atoms with Crippen LogP contribution in [0.25, 0.3) is 11.0 Å². The summed E-state index contributed by atoms with van der Waals surface area (Å²) >= 11 is 0. The zero-order valence-electron chi connectivity index (χ0n) is 10.4. The molecule has 2 heterocycles. The molecular weight excluding hydrogens is 230 g/mol. The Labute approximate surface area is 106 Å². The van der Waals surface area contributed by atoms with Gasteiger partial charge in [0.05, 0.1) is 23.4 Å². The van der Waals surface area contributed by atoms with Crippen molar-refractivity contribution >= 4 is 16.7 Å². The predicted molar refractivity (Wildman–Crippen MR) is 69.8 cm³/mol. The third kappa shape index (κ3) is 1.93. The van der Waals surface area contributed by atoms with E-state index in [1.54, 1.807) is 6.26 Å². The van der Waals surface area contributed by atoms with Crippen molar-refractivity contribution in [2.75, 3.05) is 18.9 Å². The first-order chi connectivity index (χ1) is 8.75. The molecule has 4 heteroatoms. The van der Waals surface area contributed by atoms with Crippen LogP contribution in [-0.4, -0.2) is 19.3 Å². The molecule has 1 fully saturated rings. The van der Waals surface area contributed by atoms with E-state index in [4.69, 9.17) is 19.6 Å². The average Bonchev–Trinajstić information content (AvgIpc) is 2.98. The molecule has 0 bridgehead atoms. The second-order valence-corrected chi connectivity index (χ2v) is 4.72. The molecule has 4 nitrogen and oxygen atoms in total. The molecule has 1 aliphatic heterocycles. The number of anilines is 1. The number of ether oxygens (including phenoxy) is 2. The van der Waals surface area contributed by atoms with Crippen LogP contribution in [0.5, 0.6) is 5.75 Å². The van der Waals surface area contributed by atoms with Gasteiger partial charge in [0.2, 0.25) is 0 Å². The van der Waals surface area contributed by atoms with Gasteiger partial charge in [-0.3, -0.25) is 0 Å². The Bertz CT molecular complexity index is 555. The summed E-state index contributed by atoms with van der Waals surface area (Å²) in [6.45, 7) is 3.36. The molecule has 0 amide bonds. The quantitative estimate of drug-likeness (QED) is 0.847. The Morgan fingerprint density at radius 3 is 3.17 bits per heavy atom. The number of fused-ring (bicyclic) bond motifs is 1. The lowest BCUT2D eigenvalue weighted by Crippen LogP contribution is -2.16. The number of rotatable bonds is 3. The molecule has 1 saturated heterocycles. The molecule has 0 spiro atoms. The Hall–Kier alpha value is -1.68. The molecule has 0 aliphatic carbocycles. The van der Waals surface area contributed by atoms with E-state index in [1.165, 1.54) is 0 Å². The molecule has 0 saturated carbocycles. The minimum atomic E-state index is 0.188. The van der Waals surface area contributed by atoms with E-state index in [0.29, 0.717) is 18.0 Å². The highest BCUT2D eigenvalue weighted by Gasteiger charge is 2.18. The summed E-state index contributed by atoms with van der Waals surface area (Å²) in [6.07, 6.45) is 4.02. The third-order valence-electron chi connectivity index (χ3n) is 3.34. The highest BCUT2D eigenvalue weighted by molar-refractivity contribution is 5.91. The van der Waals surface area contributed by atoms with Crippen LogP contribution in [0.1, 0.15) is 18.4 Å². The summed E-state index contributed by atoms with van der Waals surface area (Å²) < 4.78 is 16.8. The summed E-state index contributed by atoms with van der Waals surface area (Å²) in [4.78, 5) is 0. The normalized spacial score (nSPS) is 19.5. The number of furan rings is 1. The van der Waals surface area contributed by atoms with E-state index in [9.17, 15) is 0 Å². The molecule has 1 unspecified atom stereocenters. The van der Waals surface area contributed by atoms with Crippen molar-refractivity contribution in [2.45, 2.75) is 25.9 Å². The lowest BCUT2D eigenvalue weighted by Gasteiger charge is -2.14. The molecule has 3 rings (SSSR count). The lowest BCUT2D eigenvalue weighted by molar-refractivity contribution is 0.0687. The number of hydrogen-bond acceptors (Lipinski definition) is 4. The molecule has 96 valence electrons. The van der Waals surface area contributed by atoms with Crippen molar-refractivity contribution in [1.29, 1.82) is 0 Å². The molecule has 2 N–H and O–H groups in total. The number of nitrogen functional groups attached to an aromatic ring is 1. The minimum Gasteiger partial charge on any atom is -0.488 e. The van der Waals surface area contributed by atoms with E-state index >= 15 is 0 Å². The first-order valence-electron chi connectivity index (χ1n) is 6.26. The van der Waals surface area contributed by atoms with Gasteiger partial charge in [-0.1, -0.05) is 0 Å². The zero-order chi connectivity index (χ0) is 12.5. The number of nitrogens with two attached hydrogens (primary N) is 1. The second kappa shape index (κ2) is 4.53. The minimum absolute atomic E-state index is 0.188. The van der Waals surface area contributed by atoms with E-state index in [0.717, 1.165) is 36.0 Å². The van der Waals surface area contributed by atoms with Crippen molar-refractivity contribution in [3.8, 4) is 5.75 Å². The van der Waals surface area contributed by atoms with Gasteiger partial charge in [0.1, 0.15) is 12.2 Å². The predicted octanol–water partition coefficient (Wildman–Crippen LogP) is 2.88. The van der Waals surface area contributed by atoms with Crippen LogP contribution >= 0.6 is 0 Å². The van der Waals surface area contributed by atoms with Crippen LogP contribution in [0.15, 0.2) is 22.8 Å². The van der Waals surface area contributed by atoms with Gasteiger partial charge in [-0.2, -0.15) is 0 Å². The summed E-state index contributed by atoms with van der Waals surface area (Å²) in [5, 5.41) is 0.936. The molecule has 1 aromatic carbocycles. The smallest absolute Gasteiger partial charge is 0.153 e. The van der Waals surface area contributed by atoms with E-state index in [2.05, 4.69) is 0 Å². The summed E-state index contributed by atoms with van der Waals surface area (Å²) in [6, 6.07) is 3.78.